The fraction of sp³-hybridized carbons (Fsp3) is 0.714. The number of nitrogens with zero attached hydrogens (tertiary/aromatic N) is 3. The van der Waals surface area contributed by atoms with Crippen LogP contribution < -0.4 is 10.6 Å². The molecule has 0 aromatic carbocycles. The summed E-state index contributed by atoms with van der Waals surface area (Å²) in [5.41, 5.74) is 0. The smallest absolute Gasteiger partial charge is 0.158 e. The van der Waals surface area contributed by atoms with Crippen LogP contribution in [-0.2, 0) is 11.3 Å². The van der Waals surface area contributed by atoms with Gasteiger partial charge >= 0.3 is 0 Å². The van der Waals surface area contributed by atoms with Crippen LogP contribution in [-0.4, -0.2) is 54.7 Å². The van der Waals surface area contributed by atoms with Gasteiger partial charge in [0.15, 0.2) is 5.82 Å². The van der Waals surface area contributed by atoms with Crippen LogP contribution in [0.2, 0.25) is 0 Å². The first-order valence-electron chi connectivity index (χ1n) is 7.16. The third-order valence-corrected chi connectivity index (χ3v) is 3.12. The van der Waals surface area contributed by atoms with Crippen molar-refractivity contribution in [3.05, 3.63) is 11.9 Å². The Balaban J connectivity index is 2.72. The fourth-order valence-electron chi connectivity index (χ4n) is 2.06. The molecule has 1 unspecified atom stereocenters. The zero-order valence-electron chi connectivity index (χ0n) is 13.2. The van der Waals surface area contributed by atoms with E-state index in [9.17, 15) is 0 Å². The Bertz CT molecular complexity index is 395. The van der Waals surface area contributed by atoms with Crippen LogP contribution in [0.15, 0.2) is 6.07 Å². The number of hydrogen-bond acceptors (Lipinski definition) is 6. The fourth-order valence-corrected chi connectivity index (χ4v) is 2.06. The molecule has 0 amide bonds. The average molecular weight is 281 g/mol. The maximum atomic E-state index is 5.10. The van der Waals surface area contributed by atoms with E-state index in [-0.39, 0.29) is 0 Å². The standard InChI is InChI=1S/C14H27N5O/c1-6-19(7-2)9-11(3)16-13-8-12(15-4)17-14(18-13)10-20-5/h8,11H,6-7,9-10H2,1-5H3,(H2,15,16,17,18). The topological polar surface area (TPSA) is 62.3 Å². The molecule has 0 aliphatic heterocycles. The number of rotatable bonds is 9. The largest absolute Gasteiger partial charge is 0.377 e. The highest BCUT2D eigenvalue weighted by molar-refractivity contribution is 5.47. The second kappa shape index (κ2) is 8.71. The highest BCUT2D eigenvalue weighted by Gasteiger charge is 2.09. The molecule has 0 radical (unpaired) electrons. The number of methoxy groups -OCH3 is 1. The van der Waals surface area contributed by atoms with Crippen molar-refractivity contribution in [1.29, 1.82) is 0 Å². The van der Waals surface area contributed by atoms with Crippen molar-refractivity contribution >= 4 is 11.6 Å². The summed E-state index contributed by atoms with van der Waals surface area (Å²) in [6, 6.07) is 2.24. The van der Waals surface area contributed by atoms with Gasteiger partial charge in [-0.2, -0.15) is 0 Å². The van der Waals surface area contributed by atoms with Gasteiger partial charge in [-0.1, -0.05) is 13.8 Å². The maximum absolute atomic E-state index is 5.10. The minimum atomic E-state index is 0.324. The van der Waals surface area contributed by atoms with Gasteiger partial charge < -0.3 is 20.3 Å². The van der Waals surface area contributed by atoms with Crippen LogP contribution in [0.25, 0.3) is 0 Å². The number of hydrogen-bond donors (Lipinski definition) is 2. The van der Waals surface area contributed by atoms with Crippen LogP contribution in [0.4, 0.5) is 11.6 Å². The van der Waals surface area contributed by atoms with Crippen LogP contribution in [0.1, 0.15) is 26.6 Å². The van der Waals surface area contributed by atoms with Gasteiger partial charge in [-0.3, -0.25) is 0 Å². The van der Waals surface area contributed by atoms with E-state index < -0.39 is 0 Å². The lowest BCUT2D eigenvalue weighted by Crippen LogP contribution is -2.35. The lowest BCUT2D eigenvalue weighted by atomic mass is 10.3. The summed E-state index contributed by atoms with van der Waals surface area (Å²) in [6.45, 7) is 10.0. The molecule has 1 aromatic rings. The molecule has 0 spiro atoms. The molecule has 0 saturated heterocycles. The lowest BCUT2D eigenvalue weighted by Gasteiger charge is -2.24. The van der Waals surface area contributed by atoms with Crippen molar-refractivity contribution in [2.45, 2.75) is 33.4 Å². The van der Waals surface area contributed by atoms with E-state index in [0.29, 0.717) is 18.5 Å². The summed E-state index contributed by atoms with van der Waals surface area (Å²) in [7, 11) is 3.49. The maximum Gasteiger partial charge on any atom is 0.158 e. The molecular weight excluding hydrogens is 254 g/mol. The van der Waals surface area contributed by atoms with Crippen molar-refractivity contribution in [1.82, 2.24) is 14.9 Å². The number of aromatic nitrogens is 2. The minimum absolute atomic E-state index is 0.324. The van der Waals surface area contributed by atoms with E-state index in [1.165, 1.54) is 0 Å². The Labute approximate surface area is 121 Å². The van der Waals surface area contributed by atoms with Crippen molar-refractivity contribution in [3.63, 3.8) is 0 Å². The SMILES string of the molecule is CCN(CC)CC(C)Nc1cc(NC)nc(COC)n1. The third kappa shape index (κ3) is 5.30. The molecule has 0 aliphatic rings. The Morgan fingerprint density at radius 1 is 1.25 bits per heavy atom. The first-order chi connectivity index (χ1) is 9.62. The molecule has 0 bridgehead atoms. The predicted octanol–water partition coefficient (Wildman–Crippen LogP) is 1.81. The van der Waals surface area contributed by atoms with Crippen LogP contribution in [0, 0.1) is 0 Å². The summed E-state index contributed by atoms with van der Waals surface area (Å²) in [5, 5.41) is 6.47. The molecule has 6 heteroatoms. The Kier molecular flexibility index (Phi) is 7.25. The summed E-state index contributed by atoms with van der Waals surface area (Å²) < 4.78 is 5.10. The van der Waals surface area contributed by atoms with E-state index in [0.717, 1.165) is 31.3 Å². The molecule has 1 atom stereocenters. The van der Waals surface area contributed by atoms with Gasteiger partial charge in [0.25, 0.3) is 0 Å². The van der Waals surface area contributed by atoms with Crippen molar-refractivity contribution in [2.75, 3.05) is 44.4 Å². The third-order valence-electron chi connectivity index (χ3n) is 3.12. The van der Waals surface area contributed by atoms with Crippen LogP contribution in [0.5, 0.6) is 0 Å². The molecule has 20 heavy (non-hydrogen) atoms. The van der Waals surface area contributed by atoms with E-state index in [1.807, 2.05) is 13.1 Å². The lowest BCUT2D eigenvalue weighted by molar-refractivity contribution is 0.178. The second-order valence-electron chi connectivity index (χ2n) is 4.77. The van der Waals surface area contributed by atoms with E-state index in [1.54, 1.807) is 7.11 Å². The van der Waals surface area contributed by atoms with Crippen LogP contribution >= 0.6 is 0 Å². The molecule has 1 aromatic heterocycles. The van der Waals surface area contributed by atoms with Gasteiger partial charge in [0.1, 0.15) is 18.2 Å². The summed E-state index contributed by atoms with van der Waals surface area (Å²) >= 11 is 0. The molecule has 1 rings (SSSR count). The Morgan fingerprint density at radius 2 is 1.90 bits per heavy atom. The van der Waals surface area contributed by atoms with Gasteiger partial charge in [-0.05, 0) is 20.0 Å². The van der Waals surface area contributed by atoms with E-state index in [4.69, 9.17) is 4.74 Å². The van der Waals surface area contributed by atoms with Gasteiger partial charge in [0, 0.05) is 32.8 Å². The molecule has 114 valence electrons. The monoisotopic (exact) mass is 281 g/mol. The van der Waals surface area contributed by atoms with Gasteiger partial charge in [-0.15, -0.1) is 0 Å². The molecule has 2 N–H and O–H groups in total. The van der Waals surface area contributed by atoms with E-state index >= 15 is 0 Å². The first kappa shape index (κ1) is 16.7. The molecule has 6 nitrogen and oxygen atoms in total. The molecular formula is C14H27N5O. The van der Waals surface area contributed by atoms with Gasteiger partial charge in [0.05, 0.1) is 0 Å². The highest BCUT2D eigenvalue weighted by atomic mass is 16.5. The Morgan fingerprint density at radius 3 is 2.45 bits per heavy atom. The van der Waals surface area contributed by atoms with Gasteiger partial charge in [0.2, 0.25) is 0 Å². The van der Waals surface area contributed by atoms with E-state index in [2.05, 4.69) is 46.3 Å². The number of ether oxygens (including phenoxy) is 1. The molecule has 0 saturated carbocycles. The van der Waals surface area contributed by atoms with Crippen molar-refractivity contribution in [2.24, 2.45) is 0 Å². The second-order valence-corrected chi connectivity index (χ2v) is 4.77. The normalized spacial score (nSPS) is 12.5. The highest BCUT2D eigenvalue weighted by Crippen LogP contribution is 2.12. The van der Waals surface area contributed by atoms with Gasteiger partial charge in [-0.25, -0.2) is 9.97 Å². The zero-order valence-corrected chi connectivity index (χ0v) is 13.2. The average Bonchev–Trinajstić information content (AvgIpc) is 2.44. The number of anilines is 2. The minimum Gasteiger partial charge on any atom is -0.377 e. The number of likely N-dealkylation sites (N-methyl/N-ethyl adjacent to an activating group) is 1. The summed E-state index contributed by atoms with van der Waals surface area (Å²) in [4.78, 5) is 11.2. The number of nitrogens with one attached hydrogen (secondary N) is 2. The summed E-state index contributed by atoms with van der Waals surface area (Å²) in [5.74, 6) is 2.30. The Hall–Kier alpha value is -1.40. The predicted molar refractivity (Wildman–Crippen MR) is 83.2 cm³/mol. The van der Waals surface area contributed by atoms with Crippen molar-refractivity contribution < 1.29 is 4.74 Å². The quantitative estimate of drug-likeness (QED) is 0.720. The first-order valence-corrected chi connectivity index (χ1v) is 7.16. The van der Waals surface area contributed by atoms with Crippen molar-refractivity contribution in [3.8, 4) is 0 Å². The molecule has 0 aliphatic carbocycles. The molecule has 1 heterocycles. The summed E-state index contributed by atoms with van der Waals surface area (Å²) in [6.07, 6.45) is 0. The van der Waals surface area contributed by atoms with Crippen LogP contribution in [0.3, 0.4) is 0 Å². The zero-order chi connectivity index (χ0) is 15.0. The molecule has 0 fully saturated rings.